The van der Waals surface area contributed by atoms with Gasteiger partial charge in [0, 0.05) is 11.1 Å². The van der Waals surface area contributed by atoms with Crippen molar-refractivity contribution in [3.63, 3.8) is 0 Å². The van der Waals surface area contributed by atoms with E-state index in [-0.39, 0.29) is 5.41 Å². The fraction of sp³-hybridized carbons (Fsp3) is 0.800. The van der Waals surface area contributed by atoms with Gasteiger partial charge < -0.3 is 10.5 Å². The molecule has 0 spiro atoms. The zero-order valence-electron chi connectivity index (χ0n) is 11.5. The molecule has 2 aliphatic carbocycles. The van der Waals surface area contributed by atoms with Crippen molar-refractivity contribution in [2.24, 2.45) is 17.3 Å². The number of allylic oxidation sites excluding steroid dienone is 1. The molecule has 0 bridgehead atoms. The first-order valence-corrected chi connectivity index (χ1v) is 6.80. The Balaban J connectivity index is 2.42. The summed E-state index contributed by atoms with van der Waals surface area (Å²) < 4.78 is 0. The van der Waals surface area contributed by atoms with Crippen molar-refractivity contribution in [1.29, 1.82) is 5.41 Å². The summed E-state index contributed by atoms with van der Waals surface area (Å²) in [7, 11) is 0. The van der Waals surface area contributed by atoms with E-state index in [2.05, 4.69) is 20.8 Å². The summed E-state index contributed by atoms with van der Waals surface area (Å²) in [5.41, 5.74) is 1.28. The van der Waals surface area contributed by atoms with Crippen LogP contribution >= 0.6 is 0 Å². The molecule has 1 saturated carbocycles. The Labute approximate surface area is 105 Å². The van der Waals surface area contributed by atoms with E-state index in [1.165, 1.54) is 5.57 Å². The second-order valence-electron chi connectivity index (χ2n) is 6.56. The Bertz CT molecular complexity index is 367. The SMILES string of the molecule is CC(C)C1CCC2=CC(=N)CCC2(C)C1(C)O. The molecule has 2 aliphatic rings. The molecular formula is C15H25NO. The highest BCUT2D eigenvalue weighted by atomic mass is 16.3. The van der Waals surface area contributed by atoms with Crippen LogP contribution < -0.4 is 0 Å². The van der Waals surface area contributed by atoms with Crippen LogP contribution in [0.3, 0.4) is 0 Å². The molecule has 0 radical (unpaired) electrons. The molecular weight excluding hydrogens is 210 g/mol. The zero-order chi connectivity index (χ0) is 12.8. The Morgan fingerprint density at radius 3 is 2.59 bits per heavy atom. The van der Waals surface area contributed by atoms with Crippen molar-refractivity contribution in [2.45, 2.75) is 59.0 Å². The minimum absolute atomic E-state index is 0.120. The monoisotopic (exact) mass is 235 g/mol. The molecule has 3 unspecified atom stereocenters. The van der Waals surface area contributed by atoms with Gasteiger partial charge in [-0.25, -0.2) is 0 Å². The number of fused-ring (bicyclic) bond motifs is 1. The van der Waals surface area contributed by atoms with Crippen molar-refractivity contribution >= 4 is 5.71 Å². The largest absolute Gasteiger partial charge is 0.389 e. The summed E-state index contributed by atoms with van der Waals surface area (Å²) >= 11 is 0. The summed E-state index contributed by atoms with van der Waals surface area (Å²) in [6, 6.07) is 0. The van der Waals surface area contributed by atoms with Gasteiger partial charge in [-0.3, -0.25) is 0 Å². The van der Waals surface area contributed by atoms with Gasteiger partial charge in [0.25, 0.3) is 0 Å². The van der Waals surface area contributed by atoms with Crippen LogP contribution in [0.4, 0.5) is 0 Å². The van der Waals surface area contributed by atoms with E-state index >= 15 is 0 Å². The molecule has 2 nitrogen and oxygen atoms in total. The van der Waals surface area contributed by atoms with Crippen LogP contribution in [0, 0.1) is 22.7 Å². The van der Waals surface area contributed by atoms with Gasteiger partial charge in [-0.05, 0) is 50.5 Å². The second-order valence-corrected chi connectivity index (χ2v) is 6.56. The van der Waals surface area contributed by atoms with E-state index in [4.69, 9.17) is 5.41 Å². The van der Waals surface area contributed by atoms with E-state index in [9.17, 15) is 5.11 Å². The minimum atomic E-state index is -0.633. The Hall–Kier alpha value is -0.630. The average Bonchev–Trinajstić information content (AvgIpc) is 2.21. The molecule has 2 heteroatoms. The number of nitrogens with one attached hydrogen (secondary N) is 1. The van der Waals surface area contributed by atoms with Gasteiger partial charge in [-0.15, -0.1) is 0 Å². The third-order valence-electron chi connectivity index (χ3n) is 5.32. The van der Waals surface area contributed by atoms with E-state index in [1.54, 1.807) is 0 Å². The minimum Gasteiger partial charge on any atom is -0.389 e. The molecule has 0 aromatic carbocycles. The highest BCUT2D eigenvalue weighted by Crippen LogP contribution is 2.56. The quantitative estimate of drug-likeness (QED) is 0.717. The predicted molar refractivity (Wildman–Crippen MR) is 71.3 cm³/mol. The Morgan fingerprint density at radius 1 is 1.35 bits per heavy atom. The van der Waals surface area contributed by atoms with E-state index in [1.807, 2.05) is 13.0 Å². The van der Waals surface area contributed by atoms with Gasteiger partial charge >= 0.3 is 0 Å². The van der Waals surface area contributed by atoms with Gasteiger partial charge in [0.1, 0.15) is 0 Å². The topological polar surface area (TPSA) is 44.1 Å². The van der Waals surface area contributed by atoms with Crippen molar-refractivity contribution in [1.82, 2.24) is 0 Å². The van der Waals surface area contributed by atoms with Gasteiger partial charge in [0.15, 0.2) is 0 Å². The van der Waals surface area contributed by atoms with Gasteiger partial charge in [0.2, 0.25) is 0 Å². The molecule has 0 aromatic heterocycles. The lowest BCUT2D eigenvalue weighted by Crippen LogP contribution is -2.56. The standard InChI is InChI=1S/C15H25NO/c1-10(2)13-6-5-11-9-12(16)7-8-14(11,3)15(13,4)17/h9-10,13,16-17H,5-8H2,1-4H3. The third-order valence-corrected chi connectivity index (χ3v) is 5.32. The van der Waals surface area contributed by atoms with E-state index in [0.29, 0.717) is 11.8 Å². The number of hydrogen-bond acceptors (Lipinski definition) is 2. The van der Waals surface area contributed by atoms with Crippen LogP contribution in [-0.2, 0) is 0 Å². The van der Waals surface area contributed by atoms with Crippen molar-refractivity contribution in [2.75, 3.05) is 0 Å². The molecule has 0 saturated heterocycles. The second kappa shape index (κ2) is 3.94. The number of hydrogen-bond donors (Lipinski definition) is 2. The number of aliphatic hydroxyl groups is 1. The smallest absolute Gasteiger partial charge is 0.0740 e. The molecule has 2 rings (SSSR count). The summed E-state index contributed by atoms with van der Waals surface area (Å²) in [5, 5.41) is 18.8. The highest BCUT2D eigenvalue weighted by molar-refractivity contribution is 5.94. The highest BCUT2D eigenvalue weighted by Gasteiger charge is 2.54. The molecule has 0 amide bonds. The van der Waals surface area contributed by atoms with Gasteiger partial charge in [-0.2, -0.15) is 0 Å². The summed E-state index contributed by atoms with van der Waals surface area (Å²) in [6.45, 7) is 8.63. The van der Waals surface area contributed by atoms with Gasteiger partial charge in [0.05, 0.1) is 5.60 Å². The summed E-state index contributed by atoms with van der Waals surface area (Å²) in [6.07, 6.45) is 5.86. The van der Waals surface area contributed by atoms with Crippen LogP contribution in [0.2, 0.25) is 0 Å². The molecule has 17 heavy (non-hydrogen) atoms. The Morgan fingerprint density at radius 2 is 2.00 bits per heavy atom. The normalized spacial score (nSPS) is 42.4. The van der Waals surface area contributed by atoms with Crippen molar-refractivity contribution < 1.29 is 5.11 Å². The van der Waals surface area contributed by atoms with E-state index < -0.39 is 5.60 Å². The Kier molecular flexibility index (Phi) is 2.97. The first-order chi connectivity index (χ1) is 7.79. The first-order valence-electron chi connectivity index (χ1n) is 6.80. The maximum absolute atomic E-state index is 11.0. The zero-order valence-corrected chi connectivity index (χ0v) is 11.5. The first kappa shape index (κ1) is 12.8. The lowest BCUT2D eigenvalue weighted by molar-refractivity contribution is -0.123. The van der Waals surface area contributed by atoms with Crippen LogP contribution in [0.15, 0.2) is 11.6 Å². The lowest BCUT2D eigenvalue weighted by atomic mass is 9.52. The van der Waals surface area contributed by atoms with Crippen LogP contribution in [0.25, 0.3) is 0 Å². The maximum Gasteiger partial charge on any atom is 0.0740 e. The maximum atomic E-state index is 11.0. The molecule has 0 aromatic rings. The van der Waals surface area contributed by atoms with Crippen LogP contribution in [0.1, 0.15) is 53.4 Å². The number of rotatable bonds is 1. The predicted octanol–water partition coefficient (Wildman–Crippen LogP) is 3.55. The molecule has 3 atom stereocenters. The summed E-state index contributed by atoms with van der Waals surface area (Å²) in [4.78, 5) is 0. The molecule has 0 aliphatic heterocycles. The molecule has 1 fully saturated rings. The van der Waals surface area contributed by atoms with Crippen LogP contribution in [-0.4, -0.2) is 16.4 Å². The molecule has 96 valence electrons. The average molecular weight is 235 g/mol. The third kappa shape index (κ3) is 1.77. The van der Waals surface area contributed by atoms with Crippen molar-refractivity contribution in [3.05, 3.63) is 11.6 Å². The summed E-state index contributed by atoms with van der Waals surface area (Å²) in [5.74, 6) is 0.890. The van der Waals surface area contributed by atoms with E-state index in [0.717, 1.165) is 31.4 Å². The van der Waals surface area contributed by atoms with Crippen LogP contribution in [0.5, 0.6) is 0 Å². The fourth-order valence-electron chi connectivity index (χ4n) is 3.90. The van der Waals surface area contributed by atoms with Crippen molar-refractivity contribution in [3.8, 4) is 0 Å². The van der Waals surface area contributed by atoms with Gasteiger partial charge in [-0.1, -0.05) is 26.3 Å². The fourth-order valence-corrected chi connectivity index (χ4v) is 3.90. The lowest BCUT2D eigenvalue weighted by Gasteiger charge is -2.55. The molecule has 2 N–H and O–H groups in total. The molecule has 0 heterocycles.